The average molecular weight is 563 g/mol. The standard InChI is InChI=1S/C25H18ClF3N4O4S/c1-3-22(34)32-19-8-9-21(16-5-4-10-30-23(16)19)37-24-20(11-14(2)13-31-24)33-38(35,36)15-6-7-18(26)17(12-15)25(27,28)29/h3-13,33H,1H2,2H3,(H,32,34). The maximum atomic E-state index is 13.3. The molecule has 2 aromatic carbocycles. The van der Waals surface area contributed by atoms with Crippen LogP contribution in [0.1, 0.15) is 11.1 Å². The monoisotopic (exact) mass is 562 g/mol. The van der Waals surface area contributed by atoms with Crippen molar-refractivity contribution in [1.29, 1.82) is 0 Å². The molecule has 2 heterocycles. The Balaban J connectivity index is 1.73. The van der Waals surface area contributed by atoms with Crippen LogP contribution in [0.2, 0.25) is 5.02 Å². The lowest BCUT2D eigenvalue weighted by Crippen LogP contribution is -2.16. The number of ether oxygens (including phenoxy) is 1. The molecule has 0 fully saturated rings. The number of carbonyl (C=O) groups excluding carboxylic acids is 1. The summed E-state index contributed by atoms with van der Waals surface area (Å²) in [5.41, 5.74) is -0.0802. The predicted molar refractivity (Wildman–Crippen MR) is 137 cm³/mol. The fraction of sp³-hybridized carbons (Fsp3) is 0.0800. The molecular formula is C25H18ClF3N4O4S. The molecule has 196 valence electrons. The number of pyridine rings is 2. The Labute approximate surface area is 220 Å². The number of nitrogens with one attached hydrogen (secondary N) is 2. The van der Waals surface area contributed by atoms with Crippen molar-refractivity contribution in [2.24, 2.45) is 0 Å². The van der Waals surface area contributed by atoms with Crippen LogP contribution in [-0.4, -0.2) is 24.3 Å². The molecule has 2 N–H and O–H groups in total. The zero-order valence-electron chi connectivity index (χ0n) is 19.5. The summed E-state index contributed by atoms with van der Waals surface area (Å²) < 4.78 is 74.1. The predicted octanol–water partition coefficient (Wildman–Crippen LogP) is 6.33. The fourth-order valence-corrected chi connectivity index (χ4v) is 4.73. The lowest BCUT2D eigenvalue weighted by Gasteiger charge is -2.16. The summed E-state index contributed by atoms with van der Waals surface area (Å²) in [6.07, 6.45) is -0.808. The molecule has 0 aliphatic carbocycles. The Morgan fingerprint density at radius 3 is 2.58 bits per heavy atom. The maximum Gasteiger partial charge on any atom is 0.417 e. The Kier molecular flexibility index (Phi) is 7.29. The van der Waals surface area contributed by atoms with E-state index in [9.17, 15) is 26.4 Å². The number of hydrogen-bond donors (Lipinski definition) is 2. The Morgan fingerprint density at radius 2 is 1.87 bits per heavy atom. The van der Waals surface area contributed by atoms with Gasteiger partial charge in [0.05, 0.1) is 26.7 Å². The first-order valence-corrected chi connectivity index (χ1v) is 12.6. The highest BCUT2D eigenvalue weighted by molar-refractivity contribution is 7.92. The van der Waals surface area contributed by atoms with Gasteiger partial charge in [-0.15, -0.1) is 0 Å². The van der Waals surface area contributed by atoms with Crippen molar-refractivity contribution in [2.75, 3.05) is 10.0 Å². The largest absolute Gasteiger partial charge is 0.436 e. The van der Waals surface area contributed by atoms with Gasteiger partial charge >= 0.3 is 6.18 Å². The number of fused-ring (bicyclic) bond motifs is 1. The van der Waals surface area contributed by atoms with Crippen LogP contribution in [0.4, 0.5) is 24.5 Å². The van der Waals surface area contributed by atoms with Gasteiger partial charge in [0, 0.05) is 17.8 Å². The van der Waals surface area contributed by atoms with Crippen LogP contribution in [-0.2, 0) is 21.0 Å². The first-order valence-electron chi connectivity index (χ1n) is 10.7. The molecule has 4 rings (SSSR count). The first-order chi connectivity index (χ1) is 17.9. The van der Waals surface area contributed by atoms with E-state index in [2.05, 4.69) is 26.6 Å². The number of nitrogens with zero attached hydrogens (tertiary/aromatic N) is 2. The van der Waals surface area contributed by atoms with E-state index in [0.717, 1.165) is 18.2 Å². The van der Waals surface area contributed by atoms with Crippen LogP contribution in [0.25, 0.3) is 10.9 Å². The molecule has 0 unspecified atom stereocenters. The third kappa shape index (κ3) is 5.71. The van der Waals surface area contributed by atoms with E-state index in [0.29, 0.717) is 28.2 Å². The number of anilines is 2. The van der Waals surface area contributed by atoms with Gasteiger partial charge in [-0.2, -0.15) is 13.2 Å². The van der Waals surface area contributed by atoms with E-state index in [-0.39, 0.29) is 17.3 Å². The second-order valence-electron chi connectivity index (χ2n) is 7.92. The van der Waals surface area contributed by atoms with Crippen molar-refractivity contribution in [3.63, 3.8) is 0 Å². The molecule has 0 bridgehead atoms. The number of carbonyl (C=O) groups is 1. The Hall–Kier alpha value is -4.16. The highest BCUT2D eigenvalue weighted by atomic mass is 35.5. The molecule has 2 aromatic heterocycles. The summed E-state index contributed by atoms with van der Waals surface area (Å²) in [6, 6.07) is 10.1. The van der Waals surface area contributed by atoms with Crippen molar-refractivity contribution >= 4 is 49.8 Å². The Morgan fingerprint density at radius 1 is 1.11 bits per heavy atom. The number of benzene rings is 2. The lowest BCUT2D eigenvalue weighted by atomic mass is 10.1. The van der Waals surface area contributed by atoms with Gasteiger partial charge in [0.2, 0.25) is 11.8 Å². The summed E-state index contributed by atoms with van der Waals surface area (Å²) in [5.74, 6) is -0.386. The van der Waals surface area contributed by atoms with Crippen LogP contribution in [0.3, 0.4) is 0 Å². The summed E-state index contributed by atoms with van der Waals surface area (Å²) in [4.78, 5) is 19.6. The molecular weight excluding hydrogens is 545 g/mol. The van der Waals surface area contributed by atoms with Crippen molar-refractivity contribution in [2.45, 2.75) is 18.0 Å². The molecule has 4 aromatic rings. The minimum Gasteiger partial charge on any atom is -0.436 e. The number of sulfonamides is 1. The van der Waals surface area contributed by atoms with Crippen LogP contribution >= 0.6 is 11.6 Å². The summed E-state index contributed by atoms with van der Waals surface area (Å²) in [5, 5.41) is 2.48. The van der Waals surface area contributed by atoms with Gasteiger partial charge in [-0.05, 0) is 67.1 Å². The lowest BCUT2D eigenvalue weighted by molar-refractivity contribution is -0.137. The Bertz CT molecular complexity index is 1680. The van der Waals surface area contributed by atoms with Gasteiger partial charge in [-0.25, -0.2) is 13.4 Å². The van der Waals surface area contributed by atoms with Crippen LogP contribution < -0.4 is 14.8 Å². The molecule has 0 aliphatic heterocycles. The quantitative estimate of drug-likeness (QED) is 0.255. The van der Waals surface area contributed by atoms with Gasteiger partial charge in [0.1, 0.15) is 11.4 Å². The molecule has 0 saturated carbocycles. The molecule has 0 spiro atoms. The number of aromatic nitrogens is 2. The van der Waals surface area contributed by atoms with Crippen LogP contribution in [0, 0.1) is 6.92 Å². The highest BCUT2D eigenvalue weighted by Gasteiger charge is 2.34. The van der Waals surface area contributed by atoms with Gasteiger partial charge in [-0.3, -0.25) is 14.5 Å². The summed E-state index contributed by atoms with van der Waals surface area (Å²) in [7, 11) is -4.51. The fourth-order valence-electron chi connectivity index (χ4n) is 3.43. The first kappa shape index (κ1) is 26.9. The number of alkyl halides is 3. The molecule has 8 nitrogen and oxygen atoms in total. The molecule has 0 aliphatic rings. The highest BCUT2D eigenvalue weighted by Crippen LogP contribution is 2.38. The van der Waals surface area contributed by atoms with Crippen molar-refractivity contribution in [3.8, 4) is 11.6 Å². The SMILES string of the molecule is C=CC(=O)Nc1ccc(Oc2ncc(C)cc2NS(=O)(=O)c2ccc(Cl)c(C(F)(F)F)c2)c2cccnc12. The van der Waals surface area contributed by atoms with Gasteiger partial charge < -0.3 is 10.1 Å². The van der Waals surface area contributed by atoms with Gasteiger partial charge in [-0.1, -0.05) is 18.2 Å². The number of aryl methyl sites for hydroxylation is 1. The maximum absolute atomic E-state index is 13.3. The van der Waals surface area contributed by atoms with Gasteiger partial charge in [0.15, 0.2) is 0 Å². The van der Waals surface area contributed by atoms with Crippen molar-refractivity contribution in [3.05, 3.63) is 89.7 Å². The minimum absolute atomic E-state index is 0.116. The van der Waals surface area contributed by atoms with E-state index in [1.807, 2.05) is 0 Å². The number of halogens is 4. The van der Waals surface area contributed by atoms with E-state index >= 15 is 0 Å². The summed E-state index contributed by atoms with van der Waals surface area (Å²) >= 11 is 5.62. The zero-order chi connectivity index (χ0) is 27.7. The third-order valence-electron chi connectivity index (χ3n) is 5.17. The number of hydrogen-bond acceptors (Lipinski definition) is 6. The molecule has 0 atom stereocenters. The smallest absolute Gasteiger partial charge is 0.417 e. The van der Waals surface area contributed by atoms with Crippen molar-refractivity contribution in [1.82, 2.24) is 9.97 Å². The zero-order valence-corrected chi connectivity index (χ0v) is 21.1. The summed E-state index contributed by atoms with van der Waals surface area (Å²) in [6.45, 7) is 5.06. The third-order valence-corrected chi connectivity index (χ3v) is 6.86. The van der Waals surface area contributed by atoms with E-state index < -0.39 is 37.6 Å². The van der Waals surface area contributed by atoms with Gasteiger partial charge in [0.25, 0.3) is 10.0 Å². The molecule has 0 radical (unpaired) electrons. The van der Waals surface area contributed by atoms with E-state index in [4.69, 9.17) is 16.3 Å². The second kappa shape index (κ2) is 10.3. The van der Waals surface area contributed by atoms with Crippen LogP contribution in [0.5, 0.6) is 11.6 Å². The number of rotatable bonds is 7. The minimum atomic E-state index is -4.85. The molecule has 1 amide bonds. The van der Waals surface area contributed by atoms with E-state index in [1.165, 1.54) is 30.6 Å². The average Bonchev–Trinajstić information content (AvgIpc) is 2.86. The second-order valence-corrected chi connectivity index (χ2v) is 10.0. The normalized spacial score (nSPS) is 11.7. The van der Waals surface area contributed by atoms with Crippen LogP contribution in [0.15, 0.2) is 78.5 Å². The van der Waals surface area contributed by atoms with Crippen molar-refractivity contribution < 1.29 is 31.1 Å². The molecule has 13 heteroatoms. The number of amides is 1. The van der Waals surface area contributed by atoms with E-state index in [1.54, 1.807) is 19.1 Å². The topological polar surface area (TPSA) is 110 Å². The molecule has 38 heavy (non-hydrogen) atoms. The molecule has 0 saturated heterocycles.